The molecule has 0 aromatic carbocycles. The number of aliphatic hydroxyl groups is 1. The molecule has 1 N–H and O–H groups in total. The lowest BCUT2D eigenvalue weighted by molar-refractivity contribution is -0.238. The first-order valence-electron chi connectivity index (χ1n) is 12.6. The minimum atomic E-state index is -1.15. The Bertz CT molecular complexity index is 714. The van der Waals surface area contributed by atoms with Gasteiger partial charge in [0, 0.05) is 20.1 Å². The van der Waals surface area contributed by atoms with Gasteiger partial charge >= 0.3 is 0 Å². The van der Waals surface area contributed by atoms with Gasteiger partial charge < -0.3 is 29.0 Å². The molecule has 2 fully saturated rings. The highest BCUT2D eigenvalue weighted by molar-refractivity contribution is 5.93. The maximum absolute atomic E-state index is 13.3. The predicted octanol–water partition coefficient (Wildman–Crippen LogP) is 4.43. The summed E-state index contributed by atoms with van der Waals surface area (Å²) in [5, 5.41) is 9.85. The van der Waals surface area contributed by atoms with Crippen LogP contribution in [-0.4, -0.2) is 68.0 Å². The van der Waals surface area contributed by atoms with E-state index in [1.54, 1.807) is 6.08 Å². The Hall–Kier alpha value is -1.67. The van der Waals surface area contributed by atoms with Crippen molar-refractivity contribution in [1.82, 2.24) is 4.90 Å². The van der Waals surface area contributed by atoms with Crippen molar-refractivity contribution in [2.45, 2.75) is 71.4 Å². The van der Waals surface area contributed by atoms with E-state index in [0.29, 0.717) is 25.6 Å². The molecule has 7 heteroatoms. The number of aliphatic hydroxyl groups excluding tert-OH is 1. The molecule has 1 aliphatic heterocycles. The summed E-state index contributed by atoms with van der Waals surface area (Å²) in [4.78, 5) is 14.7. The quantitative estimate of drug-likeness (QED) is 0.136. The van der Waals surface area contributed by atoms with Crippen molar-refractivity contribution < 1.29 is 28.8 Å². The molecule has 34 heavy (non-hydrogen) atoms. The van der Waals surface area contributed by atoms with E-state index in [0.717, 1.165) is 30.1 Å². The van der Waals surface area contributed by atoms with E-state index in [1.165, 1.54) is 24.9 Å². The third kappa shape index (κ3) is 7.67. The number of methoxy groups -OCH3 is 1. The number of ether oxygens (including phenoxy) is 4. The molecule has 0 spiro atoms. The highest BCUT2D eigenvalue weighted by Crippen LogP contribution is 2.42. The number of carbonyl (C=O) groups excluding carboxylic acids is 1. The molecule has 7 nitrogen and oxygen atoms in total. The zero-order chi connectivity index (χ0) is 25.1. The monoisotopic (exact) mass is 479 g/mol. The van der Waals surface area contributed by atoms with Crippen LogP contribution in [0.1, 0.15) is 59.8 Å². The highest BCUT2D eigenvalue weighted by Gasteiger charge is 2.62. The molecule has 1 heterocycles. The van der Waals surface area contributed by atoms with E-state index >= 15 is 0 Å². The molecule has 194 valence electrons. The van der Waals surface area contributed by atoms with Crippen LogP contribution < -0.4 is 0 Å². The lowest BCUT2D eigenvalue weighted by Gasteiger charge is -2.54. The maximum Gasteiger partial charge on any atom is 0.259 e. The fourth-order valence-electron chi connectivity index (χ4n) is 4.20. The third-order valence-corrected chi connectivity index (χ3v) is 6.66. The fourth-order valence-corrected chi connectivity index (χ4v) is 4.20. The molecule has 2 aliphatic rings. The largest absolute Gasteiger partial charge is 0.494 e. The van der Waals surface area contributed by atoms with Crippen LogP contribution in [0.3, 0.4) is 0 Å². The number of rotatable bonds is 18. The number of allylic oxidation sites excluding steroid dienone is 3. The second-order valence-corrected chi connectivity index (χ2v) is 9.89. The van der Waals surface area contributed by atoms with Crippen LogP contribution in [0.25, 0.3) is 0 Å². The fraction of sp³-hybridized carbons (Fsp3) is 0.741. The van der Waals surface area contributed by atoms with Gasteiger partial charge in [-0.1, -0.05) is 58.8 Å². The number of hydrogen-bond donors (Lipinski definition) is 1. The van der Waals surface area contributed by atoms with Crippen LogP contribution >= 0.6 is 0 Å². The molecule has 0 bridgehead atoms. The summed E-state index contributed by atoms with van der Waals surface area (Å²) in [5.74, 6) is 1.85. The molecule has 1 amide bonds. The molecule has 1 aliphatic carbocycles. The molecule has 2 rings (SSSR count). The van der Waals surface area contributed by atoms with Crippen molar-refractivity contribution in [3.05, 3.63) is 36.1 Å². The Balaban J connectivity index is 2.30. The van der Waals surface area contributed by atoms with Crippen molar-refractivity contribution in [3.8, 4) is 0 Å². The smallest absolute Gasteiger partial charge is 0.259 e. The summed E-state index contributed by atoms with van der Waals surface area (Å²) < 4.78 is 23.2. The van der Waals surface area contributed by atoms with Crippen molar-refractivity contribution in [2.24, 2.45) is 17.8 Å². The summed E-state index contributed by atoms with van der Waals surface area (Å²) in [5.41, 5.74) is -0.101. The van der Waals surface area contributed by atoms with Crippen LogP contribution in [0.2, 0.25) is 0 Å². The zero-order valence-electron chi connectivity index (χ0n) is 21.8. The molecular formula is C27H45NO6. The van der Waals surface area contributed by atoms with Gasteiger partial charge in [0.2, 0.25) is 0 Å². The SMILES string of the molecule is C=C/C=C(\C=C(\C[C@]1(OCOC)C(=O)N(CO)C1COCC(C)C)C(C)CC)OCCC1CC1. The average molecular weight is 480 g/mol. The summed E-state index contributed by atoms with van der Waals surface area (Å²) in [6.45, 7) is 13.4. The molecule has 2 unspecified atom stereocenters. The van der Waals surface area contributed by atoms with Gasteiger partial charge in [0.1, 0.15) is 19.3 Å². The minimum absolute atomic E-state index is 0.0211. The van der Waals surface area contributed by atoms with Crippen molar-refractivity contribution in [3.63, 3.8) is 0 Å². The standard InChI is InChI=1S/C27H45NO6/c1-7-9-24(33-13-12-22-10-11-22)14-23(21(5)8-2)15-27(34-19-31-6)25(17-32-16-20(3)4)28(18-29)26(27)30/h7,9,14,20-22,25,29H,1,8,10-13,15-19H2,2-6H3/b23-14-,24-9+/t21?,25?,27-/m1/s1. The Labute approximate surface area is 205 Å². The summed E-state index contributed by atoms with van der Waals surface area (Å²) in [6, 6.07) is -0.408. The van der Waals surface area contributed by atoms with E-state index < -0.39 is 11.6 Å². The second-order valence-electron chi connectivity index (χ2n) is 9.89. The van der Waals surface area contributed by atoms with Crippen molar-refractivity contribution in [1.29, 1.82) is 0 Å². The second kappa shape index (κ2) is 14.0. The topological polar surface area (TPSA) is 77.5 Å². The zero-order valence-corrected chi connectivity index (χ0v) is 21.8. The van der Waals surface area contributed by atoms with Crippen LogP contribution in [0.5, 0.6) is 0 Å². The molecule has 0 aromatic rings. The molecule has 3 atom stereocenters. The van der Waals surface area contributed by atoms with E-state index in [4.69, 9.17) is 18.9 Å². The molecule has 1 saturated heterocycles. The van der Waals surface area contributed by atoms with E-state index in [2.05, 4.69) is 34.3 Å². The Morgan fingerprint density at radius 1 is 1.32 bits per heavy atom. The van der Waals surface area contributed by atoms with Crippen molar-refractivity contribution >= 4 is 5.91 Å². The molecule has 0 aromatic heterocycles. The number of carbonyl (C=O) groups is 1. The Morgan fingerprint density at radius 3 is 2.62 bits per heavy atom. The first-order chi connectivity index (χ1) is 16.3. The van der Waals surface area contributed by atoms with Gasteiger partial charge in [-0.05, 0) is 42.7 Å². The molecule has 0 radical (unpaired) electrons. The first-order valence-corrected chi connectivity index (χ1v) is 12.6. The van der Waals surface area contributed by atoms with E-state index in [-0.39, 0.29) is 32.0 Å². The van der Waals surface area contributed by atoms with Gasteiger partial charge in [-0.3, -0.25) is 4.79 Å². The Kier molecular flexibility index (Phi) is 11.8. The average Bonchev–Trinajstić information content (AvgIpc) is 3.64. The lowest BCUT2D eigenvalue weighted by atomic mass is 9.75. The normalized spacial score (nSPS) is 24.4. The number of likely N-dealkylation sites (tertiary alicyclic amines) is 1. The predicted molar refractivity (Wildman–Crippen MR) is 133 cm³/mol. The molecule has 1 saturated carbocycles. The highest BCUT2D eigenvalue weighted by atomic mass is 16.7. The van der Waals surface area contributed by atoms with E-state index in [1.807, 2.05) is 12.2 Å². The van der Waals surface area contributed by atoms with Gasteiger partial charge in [0.15, 0.2) is 5.60 Å². The van der Waals surface area contributed by atoms with Crippen molar-refractivity contribution in [2.75, 3.05) is 40.5 Å². The number of β-lactam (4-membered cyclic amide) rings is 1. The van der Waals surface area contributed by atoms with Crippen LogP contribution in [0, 0.1) is 17.8 Å². The van der Waals surface area contributed by atoms with Crippen LogP contribution in [0.4, 0.5) is 0 Å². The van der Waals surface area contributed by atoms with Crippen LogP contribution in [0.15, 0.2) is 36.1 Å². The van der Waals surface area contributed by atoms with Crippen LogP contribution in [-0.2, 0) is 23.7 Å². The summed E-state index contributed by atoms with van der Waals surface area (Å²) in [7, 11) is 1.54. The number of hydrogen-bond acceptors (Lipinski definition) is 6. The Morgan fingerprint density at radius 2 is 2.06 bits per heavy atom. The number of nitrogens with zero attached hydrogens (tertiary/aromatic N) is 1. The maximum atomic E-state index is 13.3. The van der Waals surface area contributed by atoms with Gasteiger partial charge in [-0.15, -0.1) is 0 Å². The third-order valence-electron chi connectivity index (χ3n) is 6.66. The van der Waals surface area contributed by atoms with E-state index in [9.17, 15) is 9.90 Å². The number of amides is 1. The lowest BCUT2D eigenvalue weighted by Crippen LogP contribution is -2.76. The summed E-state index contributed by atoms with van der Waals surface area (Å²) >= 11 is 0. The summed E-state index contributed by atoms with van der Waals surface area (Å²) in [6.07, 6.45) is 10.5. The van der Waals surface area contributed by atoms with Gasteiger partial charge in [0.25, 0.3) is 5.91 Å². The van der Waals surface area contributed by atoms with Gasteiger partial charge in [-0.25, -0.2) is 0 Å². The van der Waals surface area contributed by atoms with Gasteiger partial charge in [-0.2, -0.15) is 0 Å². The minimum Gasteiger partial charge on any atom is -0.494 e. The first kappa shape index (κ1) is 28.6. The van der Waals surface area contributed by atoms with Gasteiger partial charge in [0.05, 0.1) is 19.3 Å². The molecular weight excluding hydrogens is 434 g/mol.